The summed E-state index contributed by atoms with van der Waals surface area (Å²) in [7, 11) is 0. The lowest BCUT2D eigenvalue weighted by Crippen LogP contribution is -2.04. The lowest BCUT2D eigenvalue weighted by atomic mass is 10.2. The molecule has 0 saturated heterocycles. The van der Waals surface area contributed by atoms with E-state index in [1.54, 1.807) is 0 Å². The summed E-state index contributed by atoms with van der Waals surface area (Å²) in [6.45, 7) is 0.123. The van der Waals surface area contributed by atoms with Crippen LogP contribution in [0.4, 0.5) is 5.69 Å². The molecule has 0 aliphatic rings. The van der Waals surface area contributed by atoms with Crippen LogP contribution in [-0.4, -0.2) is 26.2 Å². The van der Waals surface area contributed by atoms with Crippen LogP contribution in [0, 0.1) is 10.1 Å². The first-order chi connectivity index (χ1) is 8.60. The normalized spacial score (nSPS) is 10.3. The summed E-state index contributed by atoms with van der Waals surface area (Å²) in [6, 6.07) is 4.26. The van der Waals surface area contributed by atoms with Crippen LogP contribution < -0.4 is 0 Å². The van der Waals surface area contributed by atoms with Crippen molar-refractivity contribution in [3.05, 3.63) is 50.8 Å². The van der Waals surface area contributed by atoms with Gasteiger partial charge in [0.25, 0.3) is 5.69 Å². The van der Waals surface area contributed by atoms with Gasteiger partial charge >= 0.3 is 0 Å². The molecule has 0 radical (unpaired) electrons. The molecule has 1 aromatic heterocycles. The van der Waals surface area contributed by atoms with E-state index in [1.807, 2.05) is 0 Å². The van der Waals surface area contributed by atoms with Crippen LogP contribution in [0.5, 0.6) is 0 Å². The number of carbonyl (C=O) groups excluding carboxylic acids is 1. The summed E-state index contributed by atoms with van der Waals surface area (Å²) >= 11 is 5.80. The highest BCUT2D eigenvalue weighted by Gasteiger charge is 2.14. The van der Waals surface area contributed by atoms with Gasteiger partial charge in [0.2, 0.25) is 0 Å². The lowest BCUT2D eigenvalue weighted by molar-refractivity contribution is -0.385. The lowest BCUT2D eigenvalue weighted by Gasteiger charge is -2.03. The second-order valence-corrected chi connectivity index (χ2v) is 3.93. The van der Waals surface area contributed by atoms with Crippen LogP contribution >= 0.6 is 11.6 Å². The van der Waals surface area contributed by atoms with Crippen molar-refractivity contribution in [3.63, 3.8) is 0 Å². The molecule has 2 rings (SSSR count). The summed E-state index contributed by atoms with van der Waals surface area (Å²) < 4.78 is 1.34. The number of carbonyl (C=O) groups is 1. The van der Waals surface area contributed by atoms with E-state index in [9.17, 15) is 14.9 Å². The van der Waals surface area contributed by atoms with Gasteiger partial charge < -0.3 is 0 Å². The molecule has 2 aromatic rings. The molecular weight excluding hydrogens is 260 g/mol. The Morgan fingerprint density at radius 2 is 2.28 bits per heavy atom. The monoisotopic (exact) mass is 266 g/mol. The molecule has 0 spiro atoms. The molecule has 0 fully saturated rings. The first-order valence-electron chi connectivity index (χ1n) is 4.88. The number of aldehydes is 1. The van der Waals surface area contributed by atoms with Gasteiger partial charge in [-0.3, -0.25) is 14.9 Å². The Morgan fingerprint density at radius 3 is 2.89 bits per heavy atom. The maximum absolute atomic E-state index is 10.8. The summed E-state index contributed by atoms with van der Waals surface area (Å²) in [5.41, 5.74) is 0.511. The van der Waals surface area contributed by atoms with Crippen molar-refractivity contribution in [2.24, 2.45) is 0 Å². The van der Waals surface area contributed by atoms with E-state index in [1.165, 1.54) is 29.1 Å². The van der Waals surface area contributed by atoms with Crippen LogP contribution in [-0.2, 0) is 6.54 Å². The number of hydrogen-bond acceptors (Lipinski definition) is 5. The Labute approximate surface area is 106 Å². The summed E-state index contributed by atoms with van der Waals surface area (Å²) in [4.78, 5) is 20.8. The number of aromatic nitrogens is 3. The molecule has 0 saturated carbocycles. The number of halogens is 1. The maximum Gasteiger partial charge on any atom is 0.274 e. The zero-order valence-corrected chi connectivity index (χ0v) is 9.74. The molecule has 92 valence electrons. The van der Waals surface area contributed by atoms with Crippen LogP contribution in [0.25, 0.3) is 0 Å². The van der Waals surface area contributed by atoms with Gasteiger partial charge in [-0.2, -0.15) is 0 Å². The third-order valence-corrected chi connectivity index (χ3v) is 2.48. The highest BCUT2D eigenvalue weighted by atomic mass is 35.5. The van der Waals surface area contributed by atoms with E-state index < -0.39 is 4.92 Å². The van der Waals surface area contributed by atoms with E-state index >= 15 is 0 Å². The predicted octanol–water partition coefficient (Wildman–Crippen LogP) is 1.70. The summed E-state index contributed by atoms with van der Waals surface area (Å²) in [5, 5.41) is 18.5. The van der Waals surface area contributed by atoms with E-state index in [0.717, 1.165) is 0 Å². The smallest absolute Gasteiger partial charge is 0.274 e. The van der Waals surface area contributed by atoms with Gasteiger partial charge in [-0.1, -0.05) is 16.8 Å². The van der Waals surface area contributed by atoms with Crippen molar-refractivity contribution in [1.82, 2.24) is 15.0 Å². The second kappa shape index (κ2) is 4.92. The number of benzene rings is 1. The highest BCUT2D eigenvalue weighted by molar-refractivity contribution is 6.30. The molecule has 0 aliphatic carbocycles. The third kappa shape index (κ3) is 2.51. The van der Waals surface area contributed by atoms with Gasteiger partial charge in [-0.25, -0.2) is 4.68 Å². The van der Waals surface area contributed by atoms with Gasteiger partial charge in [-0.15, -0.1) is 5.10 Å². The predicted molar refractivity (Wildman–Crippen MR) is 62.6 cm³/mol. The highest BCUT2D eigenvalue weighted by Crippen LogP contribution is 2.23. The SMILES string of the molecule is O=Cc1cn(Cc2cc(Cl)ccc2[N+](=O)[O-])nn1. The molecule has 1 aromatic carbocycles. The van der Waals surface area contributed by atoms with Crippen LogP contribution in [0.3, 0.4) is 0 Å². The van der Waals surface area contributed by atoms with Crippen molar-refractivity contribution in [3.8, 4) is 0 Å². The summed E-state index contributed by atoms with van der Waals surface area (Å²) in [5.74, 6) is 0. The van der Waals surface area contributed by atoms with E-state index in [2.05, 4.69) is 10.3 Å². The molecule has 7 nitrogen and oxygen atoms in total. The van der Waals surface area contributed by atoms with Gasteiger partial charge in [0.05, 0.1) is 23.2 Å². The standard InChI is InChI=1S/C10H7ClN4O3/c11-8-1-2-10(15(17)18)7(3-8)4-14-5-9(6-16)12-13-14/h1-3,5-6H,4H2. The van der Waals surface area contributed by atoms with Crippen molar-refractivity contribution >= 4 is 23.6 Å². The molecule has 0 N–H and O–H groups in total. The van der Waals surface area contributed by atoms with Crippen molar-refractivity contribution in [1.29, 1.82) is 0 Å². The number of nitrogens with zero attached hydrogens (tertiary/aromatic N) is 4. The molecule has 1 heterocycles. The van der Waals surface area contributed by atoms with Gasteiger partial charge in [-0.05, 0) is 12.1 Å². The van der Waals surface area contributed by atoms with Crippen molar-refractivity contribution in [2.45, 2.75) is 6.54 Å². The molecule has 0 atom stereocenters. The number of nitro groups is 1. The van der Waals surface area contributed by atoms with Gasteiger partial charge in [0, 0.05) is 11.1 Å². The summed E-state index contributed by atoms with van der Waals surface area (Å²) in [6.07, 6.45) is 1.95. The molecule has 8 heteroatoms. The Hall–Kier alpha value is -2.28. The largest absolute Gasteiger partial charge is 0.296 e. The molecule has 0 amide bonds. The Bertz CT molecular complexity index is 611. The number of hydrogen-bond donors (Lipinski definition) is 0. The fraction of sp³-hybridized carbons (Fsp3) is 0.100. The molecule has 0 aliphatic heterocycles. The van der Waals surface area contributed by atoms with Crippen LogP contribution in [0.2, 0.25) is 5.02 Å². The average molecular weight is 267 g/mol. The van der Waals surface area contributed by atoms with Crippen LogP contribution in [0.1, 0.15) is 16.1 Å². The molecule has 0 unspecified atom stereocenters. The minimum atomic E-state index is -0.497. The molecular formula is C10H7ClN4O3. The third-order valence-electron chi connectivity index (χ3n) is 2.25. The van der Waals surface area contributed by atoms with E-state index in [0.29, 0.717) is 16.9 Å². The van der Waals surface area contributed by atoms with Crippen molar-refractivity contribution < 1.29 is 9.72 Å². The quantitative estimate of drug-likeness (QED) is 0.477. The first kappa shape index (κ1) is 12.2. The van der Waals surface area contributed by atoms with Gasteiger partial charge in [0.15, 0.2) is 6.29 Å². The topological polar surface area (TPSA) is 90.9 Å². The fourth-order valence-electron chi connectivity index (χ4n) is 1.48. The maximum atomic E-state index is 10.8. The van der Waals surface area contributed by atoms with Crippen molar-refractivity contribution in [2.75, 3.05) is 0 Å². The first-order valence-corrected chi connectivity index (χ1v) is 5.26. The Kier molecular flexibility index (Phi) is 3.33. The molecule has 0 bridgehead atoms. The van der Waals surface area contributed by atoms with E-state index in [4.69, 9.17) is 11.6 Å². The average Bonchev–Trinajstić information content (AvgIpc) is 2.76. The minimum absolute atomic E-state index is 0.0532. The number of nitro benzene ring substituents is 1. The zero-order valence-electron chi connectivity index (χ0n) is 8.99. The number of rotatable bonds is 4. The van der Waals surface area contributed by atoms with E-state index in [-0.39, 0.29) is 17.9 Å². The van der Waals surface area contributed by atoms with Crippen LogP contribution in [0.15, 0.2) is 24.4 Å². The minimum Gasteiger partial charge on any atom is -0.296 e. The second-order valence-electron chi connectivity index (χ2n) is 3.49. The fourth-order valence-corrected chi connectivity index (χ4v) is 1.67. The zero-order chi connectivity index (χ0) is 13.1. The van der Waals surface area contributed by atoms with Gasteiger partial charge in [0.1, 0.15) is 5.69 Å². The Balaban J connectivity index is 2.35. The Morgan fingerprint density at radius 1 is 1.50 bits per heavy atom. The molecule has 18 heavy (non-hydrogen) atoms.